The molecule has 0 aliphatic heterocycles. The van der Waals surface area contributed by atoms with Gasteiger partial charge in [0.2, 0.25) is 0 Å². The van der Waals surface area contributed by atoms with Crippen LogP contribution in [0.15, 0.2) is 0 Å². The molecule has 0 aromatic rings. The lowest BCUT2D eigenvalue weighted by molar-refractivity contribution is 0.413. The maximum Gasteiger partial charge on any atom is 0.285 e. The van der Waals surface area contributed by atoms with E-state index in [9.17, 15) is 0 Å². The minimum absolute atomic E-state index is 0.391. The van der Waals surface area contributed by atoms with Crippen LogP contribution >= 0.6 is 0 Å². The van der Waals surface area contributed by atoms with Gasteiger partial charge in [-0.3, -0.25) is 0 Å². The summed E-state index contributed by atoms with van der Waals surface area (Å²) in [6, 6.07) is 0. The van der Waals surface area contributed by atoms with Gasteiger partial charge < -0.3 is 0 Å². The van der Waals surface area contributed by atoms with E-state index in [4.69, 9.17) is 0 Å². The van der Waals surface area contributed by atoms with Gasteiger partial charge in [0.25, 0.3) is 5.54 Å². The molecule has 0 bridgehead atoms. The molecule has 0 aromatic heterocycles. The lowest BCUT2D eigenvalue weighted by atomic mass is 10.0. The zero-order valence-corrected chi connectivity index (χ0v) is 6.33. The first kappa shape index (κ1) is 8.57. The second kappa shape index (κ2) is 2.07. The van der Waals surface area contributed by atoms with Crippen LogP contribution in [0.1, 0.15) is 13.8 Å². The first-order chi connectivity index (χ1) is 3.71. The third kappa shape index (κ3) is 7.57. The van der Waals surface area contributed by atoms with E-state index >= 15 is 0 Å². The fourth-order valence-corrected chi connectivity index (χ4v) is 0.729. The highest BCUT2D eigenvalue weighted by Gasteiger charge is 2.35. The fraction of sp³-hybridized carbons (Fsp3) is 0.500. The monoisotopic (exact) mass is 125 g/mol. The Labute approximate surface area is 58.8 Å². The Balaban J connectivity index is 3.75. The number of hydrogen-bond donors (Lipinski definition) is 1. The summed E-state index contributed by atoms with van der Waals surface area (Å²) in [6.45, 7) is 18.8. The van der Waals surface area contributed by atoms with E-state index in [-0.39, 0.29) is 0 Å². The number of rotatable bonds is 2. The summed E-state index contributed by atoms with van der Waals surface area (Å²) in [6.07, 6.45) is 0. The molecule has 0 unspecified atom stereocenters. The van der Waals surface area contributed by atoms with Crippen LogP contribution in [-0.2, 0) is 0 Å². The van der Waals surface area contributed by atoms with E-state index in [0.29, 0.717) is 0 Å². The van der Waals surface area contributed by atoms with E-state index in [0.717, 1.165) is 0 Å². The van der Waals surface area contributed by atoms with Crippen molar-refractivity contribution >= 4 is 0 Å². The standard InChI is InChI=1S/C8H15N/c1-7(2,3)9-8(4,5)6/h9H,1-2,4-5H2,3,6H3/q+3. The zero-order valence-electron chi connectivity index (χ0n) is 6.33. The molecular formula is C8H15N+3. The van der Waals surface area contributed by atoms with E-state index in [1.165, 1.54) is 0 Å². The van der Waals surface area contributed by atoms with Crippen LogP contribution in [0.5, 0.6) is 0 Å². The average Bonchev–Trinajstić information content (AvgIpc) is 1.14. The topological polar surface area (TPSA) is 12.0 Å². The van der Waals surface area contributed by atoms with Gasteiger partial charge in [0, 0.05) is 13.8 Å². The van der Waals surface area contributed by atoms with Gasteiger partial charge in [-0.1, -0.05) is 0 Å². The summed E-state index contributed by atoms with van der Waals surface area (Å²) < 4.78 is 0. The van der Waals surface area contributed by atoms with Crippen LogP contribution in [0.3, 0.4) is 0 Å². The van der Waals surface area contributed by atoms with Crippen molar-refractivity contribution in [1.29, 1.82) is 0 Å². The minimum Gasteiger partial charge on any atom is -0.191 e. The second-order valence-electron chi connectivity index (χ2n) is 3.25. The molecule has 0 saturated carbocycles. The molecule has 0 aliphatic rings. The van der Waals surface area contributed by atoms with E-state index in [2.05, 4.69) is 33.0 Å². The molecule has 0 heterocycles. The molecule has 0 aliphatic carbocycles. The molecule has 0 saturated heterocycles. The quantitative estimate of drug-likeness (QED) is 0.550. The molecule has 0 spiro atoms. The molecular weight excluding hydrogens is 110 g/mol. The Morgan fingerprint density at radius 1 is 1.22 bits per heavy atom. The molecule has 0 amide bonds. The SMILES string of the molecule is [CH2]C([CH2+])(C)NC([CH2+])([CH2+])C. The van der Waals surface area contributed by atoms with Crippen molar-refractivity contribution in [3.8, 4) is 0 Å². The summed E-state index contributed by atoms with van der Waals surface area (Å²) in [4.78, 5) is 0. The first-order valence-electron chi connectivity index (χ1n) is 2.91. The van der Waals surface area contributed by atoms with E-state index in [1.807, 2.05) is 13.8 Å². The van der Waals surface area contributed by atoms with Crippen LogP contribution in [0.4, 0.5) is 0 Å². The average molecular weight is 125 g/mol. The first-order valence-corrected chi connectivity index (χ1v) is 2.91. The Hall–Kier alpha value is -0.430. The lowest BCUT2D eigenvalue weighted by Crippen LogP contribution is -2.49. The lowest BCUT2D eigenvalue weighted by Gasteiger charge is -2.15. The second-order valence-corrected chi connectivity index (χ2v) is 3.25. The summed E-state index contributed by atoms with van der Waals surface area (Å²) in [5, 5.41) is 3.01. The normalized spacial score (nSPS) is 13.7. The Morgan fingerprint density at radius 3 is 1.56 bits per heavy atom. The molecule has 1 nitrogen and oxygen atoms in total. The van der Waals surface area contributed by atoms with Crippen molar-refractivity contribution in [2.45, 2.75) is 24.9 Å². The molecule has 1 N–H and O–H groups in total. The van der Waals surface area contributed by atoms with E-state index in [1.54, 1.807) is 0 Å². The van der Waals surface area contributed by atoms with Crippen molar-refractivity contribution < 1.29 is 0 Å². The highest BCUT2D eigenvalue weighted by atomic mass is 15.0. The molecule has 0 fully saturated rings. The van der Waals surface area contributed by atoms with Crippen molar-refractivity contribution in [1.82, 2.24) is 5.32 Å². The molecule has 49 valence electrons. The van der Waals surface area contributed by atoms with Crippen LogP contribution in [0, 0.1) is 27.7 Å². The predicted octanol–water partition coefficient (Wildman–Crippen LogP) is 1.43. The smallest absolute Gasteiger partial charge is 0.191 e. The molecule has 9 heavy (non-hydrogen) atoms. The Kier molecular flexibility index (Phi) is 1.97. The van der Waals surface area contributed by atoms with Gasteiger partial charge in [-0.05, 0) is 6.92 Å². The number of hydrogen-bond acceptors (Lipinski definition) is 1. The summed E-state index contributed by atoms with van der Waals surface area (Å²) in [5.74, 6) is 0. The molecule has 0 atom stereocenters. The molecule has 1 heteroatoms. The van der Waals surface area contributed by atoms with Crippen LogP contribution < -0.4 is 5.32 Å². The Bertz CT molecular complexity index is 69.7. The summed E-state index contributed by atoms with van der Waals surface area (Å²) >= 11 is 0. The fourth-order valence-electron chi connectivity index (χ4n) is 0.729. The Morgan fingerprint density at radius 2 is 1.56 bits per heavy atom. The van der Waals surface area contributed by atoms with Gasteiger partial charge in [0.05, 0.1) is 6.92 Å². The maximum absolute atomic E-state index is 3.75. The van der Waals surface area contributed by atoms with Crippen molar-refractivity contribution in [2.24, 2.45) is 0 Å². The minimum atomic E-state index is -0.391. The third-order valence-corrected chi connectivity index (χ3v) is 0.604. The van der Waals surface area contributed by atoms with Gasteiger partial charge >= 0.3 is 0 Å². The third-order valence-electron chi connectivity index (χ3n) is 0.604. The van der Waals surface area contributed by atoms with Gasteiger partial charge in [-0.2, -0.15) is 5.32 Å². The van der Waals surface area contributed by atoms with Gasteiger partial charge in [-0.15, -0.1) is 0 Å². The molecule has 0 rings (SSSR count). The van der Waals surface area contributed by atoms with Gasteiger partial charge in [-0.25, -0.2) is 0 Å². The van der Waals surface area contributed by atoms with Crippen LogP contribution in [0.25, 0.3) is 0 Å². The van der Waals surface area contributed by atoms with Crippen molar-refractivity contribution in [3.63, 3.8) is 0 Å². The summed E-state index contributed by atoms with van der Waals surface area (Å²) in [5.41, 5.74) is -0.781. The maximum atomic E-state index is 3.75. The predicted molar refractivity (Wildman–Crippen MR) is 41.4 cm³/mol. The van der Waals surface area contributed by atoms with Gasteiger partial charge in [0.15, 0.2) is 5.54 Å². The highest BCUT2D eigenvalue weighted by molar-refractivity contribution is 4.99. The van der Waals surface area contributed by atoms with Crippen molar-refractivity contribution in [2.75, 3.05) is 0 Å². The summed E-state index contributed by atoms with van der Waals surface area (Å²) in [7, 11) is 0. The molecule has 1 radical (unpaired) electrons. The highest BCUT2D eigenvalue weighted by Crippen LogP contribution is 2.06. The molecule has 0 aromatic carbocycles. The van der Waals surface area contributed by atoms with Crippen LogP contribution in [-0.4, -0.2) is 11.1 Å². The zero-order chi connectivity index (χ0) is 7.71. The van der Waals surface area contributed by atoms with Crippen LogP contribution in [0.2, 0.25) is 0 Å². The van der Waals surface area contributed by atoms with Crippen molar-refractivity contribution in [3.05, 3.63) is 27.7 Å². The van der Waals surface area contributed by atoms with Gasteiger partial charge in [0.1, 0.15) is 13.8 Å². The largest absolute Gasteiger partial charge is 0.285 e. The van der Waals surface area contributed by atoms with E-state index < -0.39 is 11.1 Å². The number of nitrogens with one attached hydrogen (secondary N) is 1.